The molecule has 0 amide bonds. The van der Waals surface area contributed by atoms with Crippen molar-refractivity contribution in [3.63, 3.8) is 0 Å². The third-order valence-corrected chi connectivity index (χ3v) is 5.01. The van der Waals surface area contributed by atoms with Gasteiger partial charge < -0.3 is 4.74 Å². The van der Waals surface area contributed by atoms with Gasteiger partial charge in [-0.1, -0.05) is 32.0 Å². The number of hydrogen-bond acceptors (Lipinski definition) is 1. The van der Waals surface area contributed by atoms with E-state index in [4.69, 9.17) is 16.3 Å². The molecular formula is C15H20ClFO. The van der Waals surface area contributed by atoms with Gasteiger partial charge in [0.2, 0.25) is 0 Å². The fraction of sp³-hybridized carbons (Fsp3) is 0.600. The van der Waals surface area contributed by atoms with Crippen LogP contribution in [0, 0.1) is 11.2 Å². The van der Waals surface area contributed by atoms with E-state index in [1.807, 2.05) is 6.07 Å². The molecule has 0 heterocycles. The molecule has 2 unspecified atom stereocenters. The fourth-order valence-electron chi connectivity index (χ4n) is 2.89. The average molecular weight is 271 g/mol. The van der Waals surface area contributed by atoms with Gasteiger partial charge in [-0.2, -0.15) is 0 Å². The Morgan fingerprint density at radius 2 is 2.00 bits per heavy atom. The lowest BCUT2D eigenvalue weighted by Gasteiger charge is -2.52. The van der Waals surface area contributed by atoms with E-state index in [1.165, 1.54) is 6.07 Å². The van der Waals surface area contributed by atoms with Crippen molar-refractivity contribution < 1.29 is 9.13 Å². The van der Waals surface area contributed by atoms with E-state index in [0.717, 1.165) is 19.3 Å². The van der Waals surface area contributed by atoms with Gasteiger partial charge >= 0.3 is 0 Å². The molecule has 1 saturated carbocycles. The summed E-state index contributed by atoms with van der Waals surface area (Å²) in [5.41, 5.74) is 0.698. The lowest BCUT2D eigenvalue weighted by molar-refractivity contribution is -0.119. The van der Waals surface area contributed by atoms with E-state index in [-0.39, 0.29) is 22.7 Å². The van der Waals surface area contributed by atoms with Crippen LogP contribution in [-0.4, -0.2) is 11.5 Å². The van der Waals surface area contributed by atoms with E-state index >= 15 is 0 Å². The Labute approximate surface area is 113 Å². The summed E-state index contributed by atoms with van der Waals surface area (Å²) in [6, 6.07) is 6.77. The average Bonchev–Trinajstić information content (AvgIpc) is 2.37. The van der Waals surface area contributed by atoms with Crippen LogP contribution in [0.2, 0.25) is 0 Å². The van der Waals surface area contributed by atoms with Crippen molar-refractivity contribution in [3.8, 4) is 0 Å². The maximum Gasteiger partial charge on any atom is 0.128 e. The van der Waals surface area contributed by atoms with Gasteiger partial charge in [-0.15, -0.1) is 11.6 Å². The zero-order valence-corrected chi connectivity index (χ0v) is 11.7. The molecule has 0 aromatic heterocycles. The molecule has 0 bridgehead atoms. The number of alkyl halides is 1. The van der Waals surface area contributed by atoms with Crippen molar-refractivity contribution in [3.05, 3.63) is 35.6 Å². The minimum Gasteiger partial charge on any atom is -0.373 e. The minimum absolute atomic E-state index is 0.0762. The Kier molecular flexibility index (Phi) is 4.29. The van der Waals surface area contributed by atoms with E-state index in [1.54, 1.807) is 12.1 Å². The monoisotopic (exact) mass is 270 g/mol. The molecular weight excluding hydrogens is 251 g/mol. The Morgan fingerprint density at radius 3 is 2.56 bits per heavy atom. The number of ether oxygens (including phenoxy) is 1. The first-order valence-corrected chi connectivity index (χ1v) is 7.06. The summed E-state index contributed by atoms with van der Waals surface area (Å²) >= 11 is 6.33. The predicted octanol–water partition coefficient (Wildman–Crippen LogP) is 4.53. The topological polar surface area (TPSA) is 9.23 Å². The van der Waals surface area contributed by atoms with Crippen LogP contribution in [0.25, 0.3) is 0 Å². The second kappa shape index (κ2) is 5.58. The molecule has 3 heteroatoms. The molecule has 100 valence electrons. The summed E-state index contributed by atoms with van der Waals surface area (Å²) in [6.07, 6.45) is 3.06. The van der Waals surface area contributed by atoms with Crippen LogP contribution in [0.1, 0.15) is 38.7 Å². The zero-order chi connectivity index (χ0) is 13.2. The van der Waals surface area contributed by atoms with Gasteiger partial charge in [0.1, 0.15) is 5.82 Å². The molecule has 1 aromatic carbocycles. The maximum absolute atomic E-state index is 13.5. The molecule has 1 nitrogen and oxygen atoms in total. The largest absolute Gasteiger partial charge is 0.373 e. The summed E-state index contributed by atoms with van der Waals surface area (Å²) < 4.78 is 19.4. The maximum atomic E-state index is 13.5. The summed E-state index contributed by atoms with van der Waals surface area (Å²) in [7, 11) is 0. The van der Waals surface area contributed by atoms with Crippen molar-refractivity contribution in [2.45, 2.75) is 51.2 Å². The van der Waals surface area contributed by atoms with Crippen molar-refractivity contribution in [2.24, 2.45) is 5.41 Å². The highest BCUT2D eigenvalue weighted by Gasteiger charge is 2.52. The summed E-state index contributed by atoms with van der Waals surface area (Å²) in [4.78, 5) is 0. The molecule has 2 atom stereocenters. The van der Waals surface area contributed by atoms with Gasteiger partial charge in [-0.05, 0) is 25.3 Å². The van der Waals surface area contributed by atoms with Crippen LogP contribution in [0.3, 0.4) is 0 Å². The third-order valence-electron chi connectivity index (χ3n) is 4.40. The third kappa shape index (κ3) is 2.28. The molecule has 0 saturated heterocycles. The molecule has 1 fully saturated rings. The van der Waals surface area contributed by atoms with Crippen LogP contribution in [0.4, 0.5) is 4.39 Å². The standard InChI is InChI=1S/C15H20ClFO/c1-3-15(4-2)13(16)9-14(15)18-10-11-7-5-6-8-12(11)17/h5-8,13-14H,3-4,9-10H2,1-2H3. The predicted molar refractivity (Wildman–Crippen MR) is 72.3 cm³/mol. The Hall–Kier alpha value is -0.600. The van der Waals surface area contributed by atoms with Crippen LogP contribution >= 0.6 is 11.6 Å². The number of halogens is 2. The molecule has 1 aromatic rings. The van der Waals surface area contributed by atoms with Crippen molar-refractivity contribution in [2.75, 3.05) is 0 Å². The fourth-order valence-corrected chi connectivity index (χ4v) is 3.50. The highest BCUT2D eigenvalue weighted by Crippen LogP contribution is 2.52. The Morgan fingerprint density at radius 1 is 1.33 bits per heavy atom. The van der Waals surface area contributed by atoms with Gasteiger partial charge in [-0.3, -0.25) is 0 Å². The molecule has 0 aliphatic heterocycles. The van der Waals surface area contributed by atoms with Crippen molar-refractivity contribution in [1.29, 1.82) is 0 Å². The molecule has 1 aliphatic carbocycles. The summed E-state index contributed by atoms with van der Waals surface area (Å²) in [5, 5.41) is 0.193. The van der Waals surface area contributed by atoms with E-state index < -0.39 is 0 Å². The van der Waals surface area contributed by atoms with Gasteiger partial charge in [0.05, 0.1) is 12.7 Å². The lowest BCUT2D eigenvalue weighted by Crippen LogP contribution is -2.55. The normalized spacial score (nSPS) is 25.8. The first-order valence-electron chi connectivity index (χ1n) is 6.63. The van der Waals surface area contributed by atoms with Crippen LogP contribution < -0.4 is 0 Å². The molecule has 0 N–H and O–H groups in total. The highest BCUT2D eigenvalue weighted by molar-refractivity contribution is 6.21. The number of benzene rings is 1. The van der Waals surface area contributed by atoms with Crippen LogP contribution in [-0.2, 0) is 11.3 Å². The van der Waals surface area contributed by atoms with Crippen LogP contribution in [0.15, 0.2) is 24.3 Å². The highest BCUT2D eigenvalue weighted by atomic mass is 35.5. The van der Waals surface area contributed by atoms with E-state index in [9.17, 15) is 4.39 Å². The zero-order valence-electron chi connectivity index (χ0n) is 11.0. The van der Waals surface area contributed by atoms with Gasteiger partial charge in [0.25, 0.3) is 0 Å². The molecule has 0 spiro atoms. The van der Waals surface area contributed by atoms with Crippen molar-refractivity contribution in [1.82, 2.24) is 0 Å². The van der Waals surface area contributed by atoms with Gasteiger partial charge in [-0.25, -0.2) is 4.39 Å². The number of rotatable bonds is 5. The van der Waals surface area contributed by atoms with Crippen molar-refractivity contribution >= 4 is 11.6 Å². The molecule has 1 aliphatic rings. The first kappa shape index (κ1) is 13.8. The Bertz CT molecular complexity index is 403. The van der Waals surface area contributed by atoms with Gasteiger partial charge in [0.15, 0.2) is 0 Å². The molecule has 0 radical (unpaired) electrons. The molecule has 2 rings (SSSR count). The van der Waals surface area contributed by atoms with Crippen LogP contribution in [0.5, 0.6) is 0 Å². The Balaban J connectivity index is 1.98. The van der Waals surface area contributed by atoms with E-state index in [0.29, 0.717) is 12.2 Å². The minimum atomic E-state index is -0.196. The number of hydrogen-bond donors (Lipinski definition) is 0. The quantitative estimate of drug-likeness (QED) is 0.715. The SMILES string of the molecule is CCC1(CC)C(Cl)CC1OCc1ccccc1F. The first-order chi connectivity index (χ1) is 8.64. The molecule has 18 heavy (non-hydrogen) atoms. The lowest BCUT2D eigenvalue weighted by atomic mass is 9.62. The second-order valence-electron chi connectivity index (χ2n) is 5.03. The summed E-state index contributed by atoms with van der Waals surface area (Å²) in [6.45, 7) is 4.64. The smallest absolute Gasteiger partial charge is 0.128 e. The second-order valence-corrected chi connectivity index (χ2v) is 5.56. The van der Waals surface area contributed by atoms with Gasteiger partial charge in [0, 0.05) is 16.4 Å². The van der Waals surface area contributed by atoms with E-state index in [2.05, 4.69) is 13.8 Å². The summed E-state index contributed by atoms with van der Waals surface area (Å²) in [5.74, 6) is -0.196.